The van der Waals surface area contributed by atoms with Gasteiger partial charge in [0.15, 0.2) is 0 Å². The summed E-state index contributed by atoms with van der Waals surface area (Å²) in [6, 6.07) is 2.48. The number of nitrogens with zero attached hydrogens (tertiary/aromatic N) is 2. The summed E-state index contributed by atoms with van der Waals surface area (Å²) in [5, 5.41) is 7.95. The molecule has 1 N–H and O–H groups in total. The van der Waals surface area contributed by atoms with Crippen molar-refractivity contribution in [3.8, 4) is 0 Å². The number of ether oxygens (including phenoxy) is 1. The lowest BCUT2D eigenvalue weighted by Crippen LogP contribution is -2.19. The standard InChI is InChI=1S/C13H25N3O/c1-11(2)9-14-10-13-5-7-16(15-13)12(3)6-8-17-4/h5,7,11-12,14H,6,8-10H2,1-4H3. The summed E-state index contributed by atoms with van der Waals surface area (Å²) < 4.78 is 7.10. The van der Waals surface area contributed by atoms with Gasteiger partial charge in [-0.1, -0.05) is 13.8 Å². The minimum absolute atomic E-state index is 0.397. The van der Waals surface area contributed by atoms with E-state index >= 15 is 0 Å². The van der Waals surface area contributed by atoms with E-state index in [1.165, 1.54) is 0 Å². The maximum atomic E-state index is 5.08. The fraction of sp³-hybridized carbons (Fsp3) is 0.769. The van der Waals surface area contributed by atoms with Crippen molar-refractivity contribution < 1.29 is 4.74 Å². The summed E-state index contributed by atoms with van der Waals surface area (Å²) in [6.45, 7) is 9.24. The average Bonchev–Trinajstić information content (AvgIpc) is 2.74. The van der Waals surface area contributed by atoms with Gasteiger partial charge in [-0.2, -0.15) is 5.10 Å². The molecule has 17 heavy (non-hydrogen) atoms. The van der Waals surface area contributed by atoms with Gasteiger partial charge in [0.25, 0.3) is 0 Å². The number of methoxy groups -OCH3 is 1. The van der Waals surface area contributed by atoms with Crippen molar-refractivity contribution in [2.75, 3.05) is 20.3 Å². The predicted molar refractivity (Wildman–Crippen MR) is 70.0 cm³/mol. The van der Waals surface area contributed by atoms with Crippen molar-refractivity contribution in [1.29, 1.82) is 0 Å². The van der Waals surface area contributed by atoms with Crippen molar-refractivity contribution >= 4 is 0 Å². The quantitative estimate of drug-likeness (QED) is 0.756. The first-order valence-electron chi connectivity index (χ1n) is 6.37. The molecule has 4 nitrogen and oxygen atoms in total. The third-order valence-electron chi connectivity index (χ3n) is 2.71. The maximum Gasteiger partial charge on any atom is 0.0762 e. The van der Waals surface area contributed by atoms with Crippen molar-refractivity contribution in [1.82, 2.24) is 15.1 Å². The monoisotopic (exact) mass is 239 g/mol. The molecule has 1 aromatic rings. The van der Waals surface area contributed by atoms with Crippen LogP contribution in [0.4, 0.5) is 0 Å². The molecular weight excluding hydrogens is 214 g/mol. The molecule has 1 unspecified atom stereocenters. The smallest absolute Gasteiger partial charge is 0.0762 e. The van der Waals surface area contributed by atoms with Gasteiger partial charge >= 0.3 is 0 Å². The van der Waals surface area contributed by atoms with E-state index in [1.54, 1.807) is 7.11 Å². The molecule has 0 aliphatic rings. The van der Waals surface area contributed by atoms with E-state index in [1.807, 2.05) is 10.9 Å². The third kappa shape index (κ3) is 5.33. The summed E-state index contributed by atoms with van der Waals surface area (Å²) in [6.07, 6.45) is 3.05. The zero-order valence-corrected chi connectivity index (χ0v) is 11.4. The molecule has 0 aliphatic heterocycles. The molecule has 0 radical (unpaired) electrons. The molecular formula is C13H25N3O. The fourth-order valence-electron chi connectivity index (χ4n) is 1.63. The second kappa shape index (κ2) is 7.45. The van der Waals surface area contributed by atoms with Crippen molar-refractivity contribution in [3.05, 3.63) is 18.0 Å². The van der Waals surface area contributed by atoms with Gasteiger partial charge in [-0.15, -0.1) is 0 Å². The van der Waals surface area contributed by atoms with Gasteiger partial charge in [0.1, 0.15) is 0 Å². The number of rotatable bonds is 8. The SMILES string of the molecule is COCCC(C)n1ccc(CNCC(C)C)n1. The molecule has 0 spiro atoms. The van der Waals surface area contributed by atoms with E-state index < -0.39 is 0 Å². The molecule has 0 fully saturated rings. The van der Waals surface area contributed by atoms with Crippen LogP contribution in [0.3, 0.4) is 0 Å². The second-order valence-electron chi connectivity index (χ2n) is 4.94. The molecule has 1 heterocycles. The van der Waals surface area contributed by atoms with Crippen LogP contribution in [0.2, 0.25) is 0 Å². The zero-order chi connectivity index (χ0) is 12.7. The predicted octanol–water partition coefficient (Wildman–Crippen LogP) is 2.23. The van der Waals surface area contributed by atoms with Crippen LogP contribution < -0.4 is 5.32 Å². The van der Waals surface area contributed by atoms with Crippen molar-refractivity contribution in [3.63, 3.8) is 0 Å². The molecule has 4 heteroatoms. The van der Waals surface area contributed by atoms with Gasteiger partial charge < -0.3 is 10.1 Å². The highest BCUT2D eigenvalue weighted by atomic mass is 16.5. The van der Waals surface area contributed by atoms with Gasteiger partial charge in [0, 0.05) is 26.5 Å². The normalized spacial score (nSPS) is 13.2. The van der Waals surface area contributed by atoms with Crippen LogP contribution in [0.5, 0.6) is 0 Å². The van der Waals surface area contributed by atoms with Gasteiger partial charge in [0.05, 0.1) is 11.7 Å². The van der Waals surface area contributed by atoms with E-state index in [9.17, 15) is 0 Å². The topological polar surface area (TPSA) is 39.1 Å². The highest BCUT2D eigenvalue weighted by Crippen LogP contribution is 2.10. The zero-order valence-electron chi connectivity index (χ0n) is 11.4. The van der Waals surface area contributed by atoms with Crippen LogP contribution in [-0.4, -0.2) is 30.0 Å². The maximum absolute atomic E-state index is 5.08. The number of hydrogen-bond donors (Lipinski definition) is 1. The number of aromatic nitrogens is 2. The Morgan fingerprint density at radius 3 is 2.82 bits per heavy atom. The lowest BCUT2D eigenvalue weighted by atomic mass is 10.2. The van der Waals surface area contributed by atoms with Crippen LogP contribution in [0.1, 0.15) is 38.9 Å². The van der Waals surface area contributed by atoms with Crippen LogP contribution in [0, 0.1) is 5.92 Å². The van der Waals surface area contributed by atoms with E-state index in [-0.39, 0.29) is 0 Å². The number of hydrogen-bond acceptors (Lipinski definition) is 3. The van der Waals surface area contributed by atoms with Crippen LogP contribution in [-0.2, 0) is 11.3 Å². The minimum atomic E-state index is 0.397. The largest absolute Gasteiger partial charge is 0.385 e. The third-order valence-corrected chi connectivity index (χ3v) is 2.71. The van der Waals surface area contributed by atoms with Gasteiger partial charge in [-0.05, 0) is 31.9 Å². The molecule has 0 bridgehead atoms. The number of nitrogens with one attached hydrogen (secondary N) is 1. The first-order chi connectivity index (χ1) is 8.13. The molecule has 0 aliphatic carbocycles. The first kappa shape index (κ1) is 14.2. The summed E-state index contributed by atoms with van der Waals surface area (Å²) in [5.74, 6) is 0.678. The van der Waals surface area contributed by atoms with E-state index in [2.05, 4.69) is 37.3 Å². The van der Waals surface area contributed by atoms with Crippen molar-refractivity contribution in [2.45, 2.75) is 39.8 Å². The van der Waals surface area contributed by atoms with E-state index in [4.69, 9.17) is 4.74 Å². The Kier molecular flexibility index (Phi) is 6.22. The minimum Gasteiger partial charge on any atom is -0.385 e. The Morgan fingerprint density at radius 2 is 2.18 bits per heavy atom. The van der Waals surface area contributed by atoms with E-state index in [0.29, 0.717) is 12.0 Å². The first-order valence-corrected chi connectivity index (χ1v) is 6.37. The molecule has 1 rings (SSSR count). The molecule has 1 atom stereocenters. The van der Waals surface area contributed by atoms with Gasteiger partial charge in [-0.3, -0.25) is 4.68 Å². The van der Waals surface area contributed by atoms with Crippen LogP contribution in [0.15, 0.2) is 12.3 Å². The average molecular weight is 239 g/mol. The Hall–Kier alpha value is -0.870. The highest BCUT2D eigenvalue weighted by Gasteiger charge is 2.06. The summed E-state index contributed by atoms with van der Waals surface area (Å²) in [5.41, 5.74) is 1.11. The molecule has 0 amide bonds. The molecule has 1 aromatic heterocycles. The molecule has 0 saturated carbocycles. The van der Waals surface area contributed by atoms with Crippen LogP contribution >= 0.6 is 0 Å². The Bertz CT molecular complexity index is 309. The van der Waals surface area contributed by atoms with E-state index in [0.717, 1.165) is 31.8 Å². The molecule has 0 aromatic carbocycles. The lowest BCUT2D eigenvalue weighted by Gasteiger charge is -2.11. The highest BCUT2D eigenvalue weighted by molar-refractivity contribution is 4.99. The second-order valence-corrected chi connectivity index (χ2v) is 4.94. The molecule has 98 valence electrons. The summed E-state index contributed by atoms with van der Waals surface area (Å²) >= 11 is 0. The Labute approximate surface area is 104 Å². The van der Waals surface area contributed by atoms with Crippen LogP contribution in [0.25, 0.3) is 0 Å². The Balaban J connectivity index is 2.36. The van der Waals surface area contributed by atoms with Gasteiger partial charge in [0.2, 0.25) is 0 Å². The summed E-state index contributed by atoms with van der Waals surface area (Å²) in [7, 11) is 1.73. The Morgan fingerprint density at radius 1 is 1.41 bits per heavy atom. The molecule has 0 saturated heterocycles. The fourth-order valence-corrected chi connectivity index (χ4v) is 1.63. The van der Waals surface area contributed by atoms with Crippen molar-refractivity contribution in [2.24, 2.45) is 5.92 Å². The summed E-state index contributed by atoms with van der Waals surface area (Å²) in [4.78, 5) is 0. The van der Waals surface area contributed by atoms with Gasteiger partial charge in [-0.25, -0.2) is 0 Å². The lowest BCUT2D eigenvalue weighted by molar-refractivity contribution is 0.178.